The summed E-state index contributed by atoms with van der Waals surface area (Å²) in [5.41, 5.74) is 0.591. The molecule has 0 bridgehead atoms. The summed E-state index contributed by atoms with van der Waals surface area (Å²) in [7, 11) is 1.86. The first kappa shape index (κ1) is 24.3. The zero-order valence-corrected chi connectivity index (χ0v) is 22.0. The summed E-state index contributed by atoms with van der Waals surface area (Å²) in [6, 6.07) is 2.20. The van der Waals surface area contributed by atoms with E-state index in [1.54, 1.807) is 6.20 Å². The van der Waals surface area contributed by atoms with Crippen molar-refractivity contribution in [2.24, 2.45) is 40.4 Å². The molecule has 5 nitrogen and oxygen atoms in total. The molecule has 4 fully saturated rings. The van der Waals surface area contributed by atoms with Gasteiger partial charge in [-0.15, -0.1) is 0 Å². The third-order valence-corrected chi connectivity index (χ3v) is 11.8. The summed E-state index contributed by atoms with van der Waals surface area (Å²) >= 11 is 0. The number of hydrogen-bond acceptors (Lipinski definition) is 4. The zero-order valence-electron chi connectivity index (χ0n) is 22.0. The van der Waals surface area contributed by atoms with Gasteiger partial charge in [-0.05, 0) is 118 Å². The summed E-state index contributed by atoms with van der Waals surface area (Å²) in [5, 5.41) is 24.5. The lowest BCUT2D eigenvalue weighted by atomic mass is 9.42. The van der Waals surface area contributed by atoms with Gasteiger partial charge in [0.25, 0.3) is 0 Å². The number of fused-ring (bicyclic) bond motifs is 5. The van der Waals surface area contributed by atoms with Crippen LogP contribution in [0.2, 0.25) is 0 Å². The third-order valence-electron chi connectivity index (χ3n) is 11.8. The number of hydrogen-bond donors (Lipinski definition) is 1. The molecule has 2 unspecified atom stereocenters. The van der Waals surface area contributed by atoms with Crippen molar-refractivity contribution in [3.63, 3.8) is 0 Å². The van der Waals surface area contributed by atoms with Crippen LogP contribution in [0.1, 0.15) is 97.5 Å². The average Bonchev–Trinajstić information content (AvgIpc) is 3.41. The number of aromatic nitrogens is 2. The van der Waals surface area contributed by atoms with Crippen molar-refractivity contribution in [1.29, 1.82) is 5.26 Å². The van der Waals surface area contributed by atoms with Crippen molar-refractivity contribution < 1.29 is 9.84 Å². The Hall–Kier alpha value is -1.38. The quantitative estimate of drug-likeness (QED) is 0.580. The molecule has 1 aromatic rings. The first-order valence-corrected chi connectivity index (χ1v) is 13.8. The molecule has 5 rings (SSSR count). The minimum absolute atomic E-state index is 0.291. The number of aliphatic hydroxyl groups is 1. The second kappa shape index (κ2) is 8.34. The van der Waals surface area contributed by atoms with Gasteiger partial charge in [-0.2, -0.15) is 10.4 Å². The molecule has 5 heteroatoms. The van der Waals surface area contributed by atoms with Crippen LogP contribution in [0.3, 0.4) is 0 Å². The Bertz CT molecular complexity index is 949. The van der Waals surface area contributed by atoms with Crippen molar-refractivity contribution in [3.8, 4) is 6.07 Å². The van der Waals surface area contributed by atoms with Crippen molar-refractivity contribution in [2.45, 2.75) is 110 Å². The van der Waals surface area contributed by atoms with E-state index in [-0.39, 0.29) is 5.60 Å². The number of nitriles is 1. The molecule has 4 aliphatic carbocycles. The Kier molecular flexibility index (Phi) is 5.97. The van der Waals surface area contributed by atoms with Crippen LogP contribution >= 0.6 is 0 Å². The van der Waals surface area contributed by atoms with Crippen LogP contribution in [-0.2, 0) is 11.3 Å². The van der Waals surface area contributed by atoms with Gasteiger partial charge in [0.2, 0.25) is 0 Å². The monoisotopic (exact) mass is 467 g/mol. The Balaban J connectivity index is 1.40. The van der Waals surface area contributed by atoms with E-state index in [1.165, 1.54) is 51.4 Å². The first-order valence-electron chi connectivity index (χ1n) is 13.8. The van der Waals surface area contributed by atoms with Crippen LogP contribution in [0.5, 0.6) is 0 Å². The van der Waals surface area contributed by atoms with Gasteiger partial charge in [0.05, 0.1) is 29.5 Å². The molecule has 1 aromatic heterocycles. The second-order valence-corrected chi connectivity index (χ2v) is 13.2. The fourth-order valence-electron chi connectivity index (χ4n) is 10.1. The Labute approximate surface area is 206 Å². The summed E-state index contributed by atoms with van der Waals surface area (Å²) in [4.78, 5) is 0. The van der Waals surface area contributed by atoms with Crippen LogP contribution in [-0.4, -0.2) is 33.2 Å². The number of ether oxygens (including phenoxy) is 1. The fourth-order valence-corrected chi connectivity index (χ4v) is 10.1. The minimum Gasteiger partial charge on any atom is -0.390 e. The van der Waals surface area contributed by atoms with Crippen molar-refractivity contribution in [1.82, 2.24) is 9.78 Å². The van der Waals surface area contributed by atoms with E-state index < -0.39 is 5.60 Å². The maximum absolute atomic E-state index is 10.9. The number of nitrogens with zero attached hydrogens (tertiary/aromatic N) is 3. The molecule has 0 spiro atoms. The molecule has 4 saturated carbocycles. The molecule has 9 atom stereocenters. The van der Waals surface area contributed by atoms with Crippen molar-refractivity contribution in [3.05, 3.63) is 18.0 Å². The van der Waals surface area contributed by atoms with E-state index in [4.69, 9.17) is 4.74 Å². The van der Waals surface area contributed by atoms with Crippen LogP contribution in [0.15, 0.2) is 12.4 Å². The molecular formula is C29H45N3O2. The highest BCUT2D eigenvalue weighted by molar-refractivity contribution is 5.22. The molecule has 34 heavy (non-hydrogen) atoms. The topological polar surface area (TPSA) is 71.1 Å². The van der Waals surface area contributed by atoms with E-state index in [1.807, 2.05) is 18.0 Å². The van der Waals surface area contributed by atoms with Gasteiger partial charge < -0.3 is 9.84 Å². The maximum atomic E-state index is 10.9. The van der Waals surface area contributed by atoms with Crippen LogP contribution in [0.25, 0.3) is 0 Å². The van der Waals surface area contributed by atoms with E-state index >= 15 is 0 Å². The van der Waals surface area contributed by atoms with Gasteiger partial charge in [-0.25, -0.2) is 0 Å². The number of rotatable bonds is 5. The third kappa shape index (κ3) is 3.58. The minimum atomic E-state index is -0.462. The summed E-state index contributed by atoms with van der Waals surface area (Å²) in [6.07, 6.45) is 15.8. The maximum Gasteiger partial charge on any atom is 0.102 e. The largest absolute Gasteiger partial charge is 0.390 e. The molecule has 0 radical (unpaired) electrons. The molecule has 0 amide bonds. The molecule has 0 aromatic carbocycles. The standard InChI is InChI=1S/C29H45N3O2/c1-6-29-14-13-26(2,33)15-21(29)7-8-22-23-9-10-25(27(23,3)12-11-24(22)29)28(4,34-5)19-32-18-20(16-30)17-31-32/h17-18,21-25,33H,6-15,19H2,1-5H3/t21-,22+,23+,24+,25?,26-,27+,28?,29+/m1/s1. The lowest BCUT2D eigenvalue weighted by Gasteiger charge is -2.63. The van der Waals surface area contributed by atoms with E-state index in [2.05, 4.69) is 38.9 Å². The molecular weight excluding hydrogens is 422 g/mol. The molecule has 1 N–H and O–H groups in total. The average molecular weight is 468 g/mol. The second-order valence-electron chi connectivity index (χ2n) is 13.2. The van der Waals surface area contributed by atoms with Crippen LogP contribution in [0, 0.1) is 51.8 Å². The Morgan fingerprint density at radius 2 is 1.97 bits per heavy atom. The highest BCUT2D eigenvalue weighted by atomic mass is 16.5. The van der Waals surface area contributed by atoms with Crippen LogP contribution in [0.4, 0.5) is 0 Å². The molecule has 1 heterocycles. The zero-order chi connectivity index (χ0) is 24.4. The van der Waals surface area contributed by atoms with Gasteiger partial charge in [0, 0.05) is 13.3 Å². The normalized spacial score (nSPS) is 45.5. The summed E-state index contributed by atoms with van der Waals surface area (Å²) < 4.78 is 8.21. The first-order chi connectivity index (χ1) is 16.1. The predicted octanol–water partition coefficient (Wildman–Crippen LogP) is 5.96. The van der Waals surface area contributed by atoms with Gasteiger partial charge in [0.1, 0.15) is 6.07 Å². The molecule has 4 aliphatic rings. The van der Waals surface area contributed by atoms with Crippen LogP contribution < -0.4 is 0 Å². The van der Waals surface area contributed by atoms with Crippen molar-refractivity contribution >= 4 is 0 Å². The molecule has 188 valence electrons. The van der Waals surface area contributed by atoms with Crippen molar-refractivity contribution in [2.75, 3.05) is 7.11 Å². The van der Waals surface area contributed by atoms with E-state index in [0.29, 0.717) is 34.8 Å². The Morgan fingerprint density at radius 3 is 2.65 bits per heavy atom. The van der Waals surface area contributed by atoms with Gasteiger partial charge in [0.15, 0.2) is 0 Å². The molecule has 0 aliphatic heterocycles. The fraction of sp³-hybridized carbons (Fsp3) is 0.862. The smallest absolute Gasteiger partial charge is 0.102 e. The lowest BCUT2D eigenvalue weighted by Crippen LogP contribution is -2.57. The van der Waals surface area contributed by atoms with E-state index in [9.17, 15) is 10.4 Å². The van der Waals surface area contributed by atoms with Gasteiger partial charge in [-0.1, -0.05) is 13.8 Å². The van der Waals surface area contributed by atoms with Gasteiger partial charge in [-0.3, -0.25) is 4.68 Å². The highest BCUT2D eigenvalue weighted by Crippen LogP contribution is 2.70. The lowest BCUT2D eigenvalue weighted by molar-refractivity contribution is -0.170. The molecule has 0 saturated heterocycles. The highest BCUT2D eigenvalue weighted by Gasteiger charge is 2.63. The van der Waals surface area contributed by atoms with E-state index in [0.717, 1.165) is 30.6 Å². The number of methoxy groups -OCH3 is 1. The van der Waals surface area contributed by atoms with Gasteiger partial charge >= 0.3 is 0 Å². The SMILES string of the molecule is CC[C@]12CC[C@@](C)(O)C[C@H]1CC[C@@H]1[C@@H]2CC[C@]2(C)C(C(C)(Cn3cc(C#N)cn3)OC)CC[C@@H]12. The Morgan fingerprint density at radius 1 is 1.18 bits per heavy atom. The predicted molar refractivity (Wildman–Crippen MR) is 133 cm³/mol. The summed E-state index contributed by atoms with van der Waals surface area (Å²) in [5.74, 6) is 3.60. The summed E-state index contributed by atoms with van der Waals surface area (Å²) in [6.45, 7) is 10.1.